The van der Waals surface area contributed by atoms with Crippen molar-refractivity contribution in [3.8, 4) is 11.8 Å². The smallest absolute Gasteiger partial charge is 0.272 e. The van der Waals surface area contributed by atoms with E-state index in [-0.39, 0.29) is 11.5 Å². The molecule has 2 aromatic carbocycles. The number of hydrogen-bond donors (Lipinski definition) is 2. The number of nitrogens with two attached hydrogens (primary N) is 1. The fourth-order valence-corrected chi connectivity index (χ4v) is 3.93. The van der Waals surface area contributed by atoms with E-state index in [0.717, 1.165) is 5.69 Å². The lowest BCUT2D eigenvalue weighted by Gasteiger charge is -2.10. The van der Waals surface area contributed by atoms with Crippen molar-refractivity contribution in [1.82, 2.24) is 24.6 Å². The summed E-state index contributed by atoms with van der Waals surface area (Å²) in [6.07, 6.45) is 1.08. The van der Waals surface area contributed by atoms with Gasteiger partial charge in [-0.2, -0.15) is 10.4 Å². The molecular weight excluding hydrogens is 430 g/mol. The third-order valence-corrected chi connectivity index (χ3v) is 5.67. The number of benzene rings is 2. The number of carbonyl (C=O) groups excluding carboxylic acids is 1. The second-order valence-corrected chi connectivity index (χ2v) is 7.88. The van der Waals surface area contributed by atoms with E-state index in [1.54, 1.807) is 34.4 Å². The van der Waals surface area contributed by atoms with E-state index in [0.29, 0.717) is 65.3 Å². The first kappa shape index (κ1) is 22.7. The number of nitrogen functional groups attached to an aromatic ring is 1. The van der Waals surface area contributed by atoms with Gasteiger partial charge in [0.1, 0.15) is 23.1 Å². The van der Waals surface area contributed by atoms with E-state index < -0.39 is 0 Å². The lowest BCUT2D eigenvalue weighted by Crippen LogP contribution is -2.26. The molecule has 34 heavy (non-hydrogen) atoms. The topological polar surface area (TPSA) is 132 Å². The summed E-state index contributed by atoms with van der Waals surface area (Å²) in [4.78, 5) is 29.3. The van der Waals surface area contributed by atoms with Gasteiger partial charge in [0.15, 0.2) is 0 Å². The highest BCUT2D eigenvalue weighted by molar-refractivity contribution is 5.97. The first-order valence-corrected chi connectivity index (χ1v) is 11.1. The van der Waals surface area contributed by atoms with Crippen molar-refractivity contribution in [2.45, 2.75) is 33.2 Å². The zero-order valence-corrected chi connectivity index (χ0v) is 19.1. The van der Waals surface area contributed by atoms with Crippen LogP contribution in [-0.4, -0.2) is 31.8 Å². The molecule has 4 rings (SSSR count). The summed E-state index contributed by atoms with van der Waals surface area (Å²) in [5.74, 6) is 0.0719. The third-order valence-electron chi connectivity index (χ3n) is 5.67. The van der Waals surface area contributed by atoms with Crippen molar-refractivity contribution in [2.24, 2.45) is 0 Å². The largest absolute Gasteiger partial charge is 0.382 e. The zero-order valence-electron chi connectivity index (χ0n) is 19.1. The Morgan fingerprint density at radius 2 is 1.97 bits per heavy atom. The maximum atomic E-state index is 12.7. The average molecular weight is 456 g/mol. The predicted molar refractivity (Wildman–Crippen MR) is 130 cm³/mol. The Morgan fingerprint density at radius 1 is 1.21 bits per heavy atom. The summed E-state index contributed by atoms with van der Waals surface area (Å²) in [6, 6.07) is 16.7. The molecule has 0 bridgehead atoms. The number of aromatic nitrogens is 4. The van der Waals surface area contributed by atoms with E-state index in [4.69, 9.17) is 5.73 Å². The lowest BCUT2D eigenvalue weighted by molar-refractivity contribution is 0.0953. The Kier molecular flexibility index (Phi) is 6.41. The molecule has 0 atom stereocenters. The number of rotatable bonds is 7. The molecule has 0 radical (unpaired) electrons. The monoisotopic (exact) mass is 455 g/mol. The number of amides is 1. The van der Waals surface area contributed by atoms with Crippen molar-refractivity contribution in [2.75, 3.05) is 12.3 Å². The number of fused-ring (bicyclic) bond motifs is 1. The molecule has 0 aliphatic carbocycles. The molecule has 4 aromatic rings. The minimum atomic E-state index is -0.231. The summed E-state index contributed by atoms with van der Waals surface area (Å²) in [6.45, 7) is 4.50. The Balaban J connectivity index is 1.43. The van der Waals surface area contributed by atoms with E-state index in [1.165, 1.54) is 0 Å². The molecule has 0 aliphatic rings. The molecule has 0 spiro atoms. The van der Waals surface area contributed by atoms with Gasteiger partial charge in [0.2, 0.25) is 0 Å². The number of carbonyl (C=O) groups is 1. The van der Waals surface area contributed by atoms with Crippen LogP contribution in [0.3, 0.4) is 0 Å². The highest BCUT2D eigenvalue weighted by atomic mass is 16.1. The normalized spacial score (nSPS) is 10.9. The van der Waals surface area contributed by atoms with Crippen molar-refractivity contribution in [3.63, 3.8) is 0 Å². The number of para-hydroxylation sites is 1. The van der Waals surface area contributed by atoms with Crippen molar-refractivity contribution >= 4 is 22.8 Å². The number of nitriles is 1. The van der Waals surface area contributed by atoms with Crippen LogP contribution in [0, 0.1) is 18.3 Å². The predicted octanol–water partition coefficient (Wildman–Crippen LogP) is 2.73. The minimum Gasteiger partial charge on any atom is -0.382 e. The maximum Gasteiger partial charge on any atom is 0.272 e. The zero-order chi connectivity index (χ0) is 24.2. The fourth-order valence-electron chi connectivity index (χ4n) is 3.93. The summed E-state index contributed by atoms with van der Waals surface area (Å²) < 4.78 is 3.21. The Labute approximate surface area is 196 Å². The Hall–Kier alpha value is -4.45. The van der Waals surface area contributed by atoms with Gasteiger partial charge in [-0.25, -0.2) is 9.67 Å². The lowest BCUT2D eigenvalue weighted by atomic mass is 10.1. The van der Waals surface area contributed by atoms with Gasteiger partial charge in [0.05, 0.1) is 22.4 Å². The molecule has 3 N–H and O–H groups in total. The molecule has 172 valence electrons. The second-order valence-electron chi connectivity index (χ2n) is 7.88. The molecule has 0 fully saturated rings. The highest BCUT2D eigenvalue weighted by Gasteiger charge is 2.16. The molecule has 0 saturated heterocycles. The van der Waals surface area contributed by atoms with Crippen LogP contribution in [0.25, 0.3) is 16.7 Å². The van der Waals surface area contributed by atoms with Gasteiger partial charge in [0, 0.05) is 18.7 Å². The Morgan fingerprint density at radius 3 is 2.68 bits per heavy atom. The third kappa shape index (κ3) is 4.26. The van der Waals surface area contributed by atoms with E-state index in [2.05, 4.69) is 21.5 Å². The van der Waals surface area contributed by atoms with Crippen molar-refractivity contribution in [1.29, 1.82) is 5.26 Å². The van der Waals surface area contributed by atoms with E-state index in [9.17, 15) is 14.9 Å². The molecule has 2 heterocycles. The van der Waals surface area contributed by atoms with Gasteiger partial charge in [-0.3, -0.25) is 9.59 Å². The van der Waals surface area contributed by atoms with Gasteiger partial charge in [0.25, 0.3) is 11.5 Å². The quantitative estimate of drug-likeness (QED) is 0.412. The van der Waals surface area contributed by atoms with Gasteiger partial charge in [-0.05, 0) is 57.0 Å². The number of anilines is 1. The van der Waals surface area contributed by atoms with Gasteiger partial charge >= 0.3 is 0 Å². The summed E-state index contributed by atoms with van der Waals surface area (Å²) in [5, 5.41) is 16.9. The van der Waals surface area contributed by atoms with Crippen LogP contribution >= 0.6 is 0 Å². The number of aryl methyl sites for hydroxylation is 3. The number of nitrogens with one attached hydrogen (secondary N) is 1. The minimum absolute atomic E-state index is 0.126. The molecule has 9 nitrogen and oxygen atoms in total. The molecule has 0 aliphatic heterocycles. The van der Waals surface area contributed by atoms with Crippen LogP contribution in [0.1, 0.15) is 40.7 Å². The van der Waals surface area contributed by atoms with E-state index >= 15 is 0 Å². The molecule has 9 heteroatoms. The number of hydrogen-bond acceptors (Lipinski definition) is 6. The second kappa shape index (κ2) is 9.58. The summed E-state index contributed by atoms with van der Waals surface area (Å²) in [7, 11) is 0. The van der Waals surface area contributed by atoms with Crippen LogP contribution in [0.5, 0.6) is 0 Å². The van der Waals surface area contributed by atoms with Gasteiger partial charge in [-0.15, -0.1) is 0 Å². The highest BCUT2D eigenvalue weighted by Crippen LogP contribution is 2.21. The number of nitrogens with zero attached hydrogens (tertiary/aromatic N) is 5. The van der Waals surface area contributed by atoms with Crippen LogP contribution in [0.15, 0.2) is 53.3 Å². The summed E-state index contributed by atoms with van der Waals surface area (Å²) >= 11 is 0. The van der Waals surface area contributed by atoms with Crippen molar-refractivity contribution < 1.29 is 4.79 Å². The molecular formula is C25H25N7O2. The van der Waals surface area contributed by atoms with Crippen LogP contribution in [0.2, 0.25) is 0 Å². The molecule has 0 saturated carbocycles. The van der Waals surface area contributed by atoms with E-state index in [1.807, 2.05) is 37.3 Å². The van der Waals surface area contributed by atoms with Crippen molar-refractivity contribution in [3.05, 3.63) is 81.4 Å². The molecule has 2 aromatic heterocycles. The maximum absolute atomic E-state index is 12.7. The van der Waals surface area contributed by atoms with Crippen LogP contribution < -0.4 is 16.6 Å². The van der Waals surface area contributed by atoms with Crippen LogP contribution in [-0.2, 0) is 13.0 Å². The average Bonchev–Trinajstić information content (AvgIpc) is 3.17. The molecule has 1 amide bonds. The SMILES string of the molecule is CCn1c(=O)c(C)nc2cc(C(=O)NCCCc3nn(-c4ccccc4)c(N)c3C#N)ccc21. The first-order valence-electron chi connectivity index (χ1n) is 11.1. The van der Waals surface area contributed by atoms with Gasteiger partial charge < -0.3 is 15.6 Å². The molecule has 0 unspecified atom stereocenters. The Bertz CT molecular complexity index is 1460. The standard InChI is InChI=1S/C25H25N7O2/c1-3-31-22-12-11-17(14-21(22)29-16(2)25(31)34)24(33)28-13-7-10-20-19(15-26)23(27)32(30-20)18-8-5-4-6-9-18/h4-6,8-9,11-12,14H,3,7,10,13,27H2,1-2H3,(H,28,33). The first-order chi connectivity index (χ1) is 16.4. The van der Waals surface area contributed by atoms with Gasteiger partial charge in [-0.1, -0.05) is 18.2 Å². The fraction of sp³-hybridized carbons (Fsp3) is 0.240. The summed E-state index contributed by atoms with van der Waals surface area (Å²) in [5.41, 5.74) is 9.92. The van der Waals surface area contributed by atoms with Crippen LogP contribution in [0.4, 0.5) is 5.82 Å².